The lowest BCUT2D eigenvalue weighted by Crippen LogP contribution is -2.12. The Kier molecular flexibility index (Phi) is 3.62. The fraction of sp³-hybridized carbons (Fsp3) is 0.556. The van der Waals surface area contributed by atoms with E-state index in [2.05, 4.69) is 9.72 Å². The molecule has 0 fully saturated rings. The van der Waals surface area contributed by atoms with Crippen molar-refractivity contribution < 1.29 is 13.9 Å². The molecule has 1 rings (SSSR count). The number of rotatable bonds is 4. The van der Waals surface area contributed by atoms with Crippen LogP contribution < -0.4 is 0 Å². The van der Waals surface area contributed by atoms with Gasteiger partial charge in [-0.05, 0) is 13.3 Å². The Bertz CT molecular complexity index is 323. The monoisotopic (exact) mass is 200 g/mol. The van der Waals surface area contributed by atoms with Crippen LogP contribution in [-0.2, 0) is 11.3 Å². The molecule has 0 N–H and O–H groups in total. The third-order valence-electron chi connectivity index (χ3n) is 1.96. The van der Waals surface area contributed by atoms with Gasteiger partial charge in [-0.3, -0.25) is 4.39 Å². The van der Waals surface area contributed by atoms with Crippen molar-refractivity contribution in [3.63, 3.8) is 0 Å². The molecule has 5 heteroatoms. The van der Waals surface area contributed by atoms with Crippen molar-refractivity contribution in [2.45, 2.75) is 19.9 Å². The highest BCUT2D eigenvalue weighted by Gasteiger charge is 2.13. The first-order chi connectivity index (χ1) is 6.70. The summed E-state index contributed by atoms with van der Waals surface area (Å²) < 4.78 is 18.2. The van der Waals surface area contributed by atoms with Crippen LogP contribution in [0.15, 0.2) is 6.20 Å². The number of methoxy groups -OCH3 is 1. The molecule has 0 saturated carbocycles. The van der Waals surface area contributed by atoms with Gasteiger partial charge in [0.1, 0.15) is 11.5 Å². The molecule has 0 unspecified atom stereocenters. The second-order valence-electron chi connectivity index (χ2n) is 2.88. The molecule has 14 heavy (non-hydrogen) atoms. The number of carbonyl (C=O) groups excluding carboxylic acids is 1. The number of imidazole rings is 1. The van der Waals surface area contributed by atoms with Crippen molar-refractivity contribution in [3.8, 4) is 0 Å². The minimum Gasteiger partial charge on any atom is -0.464 e. The number of aromatic nitrogens is 2. The van der Waals surface area contributed by atoms with E-state index < -0.39 is 12.6 Å². The third kappa shape index (κ3) is 2.10. The average Bonchev–Trinajstić information content (AvgIpc) is 2.56. The quantitative estimate of drug-likeness (QED) is 0.689. The minimum absolute atomic E-state index is 0.374. The Balaban J connectivity index is 2.88. The van der Waals surface area contributed by atoms with Crippen LogP contribution in [0.4, 0.5) is 4.39 Å². The van der Waals surface area contributed by atoms with E-state index in [-0.39, 0.29) is 0 Å². The Morgan fingerprint density at radius 1 is 1.71 bits per heavy atom. The van der Waals surface area contributed by atoms with Gasteiger partial charge in [0.05, 0.1) is 20.0 Å². The number of alkyl halides is 1. The van der Waals surface area contributed by atoms with Gasteiger partial charge in [-0.1, -0.05) is 0 Å². The molecule has 0 spiro atoms. The van der Waals surface area contributed by atoms with Gasteiger partial charge in [0, 0.05) is 6.54 Å². The molecule has 0 bridgehead atoms. The van der Waals surface area contributed by atoms with Crippen molar-refractivity contribution in [1.82, 2.24) is 9.55 Å². The molecule has 0 amide bonds. The lowest BCUT2D eigenvalue weighted by Gasteiger charge is -2.06. The normalized spacial score (nSPS) is 10.2. The van der Waals surface area contributed by atoms with Crippen LogP contribution in [0.5, 0.6) is 0 Å². The summed E-state index contributed by atoms with van der Waals surface area (Å²) in [7, 11) is 1.31. The molecular formula is C9H13FN2O2. The SMILES string of the molecule is COC(=O)c1cnc(C)n1CCCF. The summed E-state index contributed by atoms with van der Waals surface area (Å²) in [5.41, 5.74) is 0.374. The number of aryl methyl sites for hydroxylation is 1. The van der Waals surface area contributed by atoms with E-state index in [1.807, 2.05) is 0 Å². The van der Waals surface area contributed by atoms with E-state index in [9.17, 15) is 9.18 Å². The van der Waals surface area contributed by atoms with Crippen molar-refractivity contribution in [3.05, 3.63) is 17.7 Å². The minimum atomic E-state index is -0.440. The first kappa shape index (κ1) is 10.7. The van der Waals surface area contributed by atoms with Gasteiger partial charge < -0.3 is 9.30 Å². The number of nitrogens with zero attached hydrogens (tertiary/aromatic N) is 2. The highest BCUT2D eigenvalue weighted by atomic mass is 19.1. The Morgan fingerprint density at radius 2 is 2.43 bits per heavy atom. The fourth-order valence-corrected chi connectivity index (χ4v) is 1.24. The highest BCUT2D eigenvalue weighted by molar-refractivity contribution is 5.87. The maximum atomic E-state index is 12.0. The van der Waals surface area contributed by atoms with Gasteiger partial charge in [-0.25, -0.2) is 9.78 Å². The molecule has 1 heterocycles. The second-order valence-corrected chi connectivity index (χ2v) is 2.88. The number of hydrogen-bond acceptors (Lipinski definition) is 3. The second kappa shape index (κ2) is 4.74. The molecule has 1 aromatic rings. The van der Waals surface area contributed by atoms with Crippen molar-refractivity contribution in [2.75, 3.05) is 13.8 Å². The molecule has 78 valence electrons. The molecule has 0 aliphatic heterocycles. The van der Waals surface area contributed by atoms with Gasteiger partial charge >= 0.3 is 5.97 Å². The number of ether oxygens (including phenoxy) is 1. The first-order valence-electron chi connectivity index (χ1n) is 4.37. The van der Waals surface area contributed by atoms with E-state index >= 15 is 0 Å². The Labute approximate surface area is 81.7 Å². The van der Waals surface area contributed by atoms with E-state index in [1.165, 1.54) is 13.3 Å². The van der Waals surface area contributed by atoms with Gasteiger partial charge in [-0.15, -0.1) is 0 Å². The third-order valence-corrected chi connectivity index (χ3v) is 1.96. The Hall–Kier alpha value is -1.39. The average molecular weight is 200 g/mol. The van der Waals surface area contributed by atoms with Crippen LogP contribution in [-0.4, -0.2) is 29.3 Å². The lowest BCUT2D eigenvalue weighted by molar-refractivity contribution is 0.0587. The van der Waals surface area contributed by atoms with Gasteiger partial charge in [0.2, 0.25) is 0 Å². The van der Waals surface area contributed by atoms with Gasteiger partial charge in [0.25, 0.3) is 0 Å². The van der Waals surface area contributed by atoms with Crippen LogP contribution in [0.2, 0.25) is 0 Å². The fourth-order valence-electron chi connectivity index (χ4n) is 1.24. The molecule has 1 aromatic heterocycles. The zero-order valence-corrected chi connectivity index (χ0v) is 8.29. The first-order valence-corrected chi connectivity index (χ1v) is 4.37. The maximum absolute atomic E-state index is 12.0. The highest BCUT2D eigenvalue weighted by Crippen LogP contribution is 2.07. The lowest BCUT2D eigenvalue weighted by atomic mass is 10.4. The van der Waals surface area contributed by atoms with E-state index in [1.54, 1.807) is 11.5 Å². The van der Waals surface area contributed by atoms with Crippen molar-refractivity contribution in [1.29, 1.82) is 0 Å². The topological polar surface area (TPSA) is 44.1 Å². The van der Waals surface area contributed by atoms with Crippen LogP contribution in [0.3, 0.4) is 0 Å². The molecule has 0 saturated heterocycles. The molecule has 4 nitrogen and oxygen atoms in total. The summed E-state index contributed by atoms with van der Waals surface area (Å²) in [6, 6.07) is 0. The zero-order valence-electron chi connectivity index (χ0n) is 8.29. The van der Waals surface area contributed by atoms with Crippen molar-refractivity contribution >= 4 is 5.97 Å². The predicted octanol–water partition coefficient (Wildman–Crippen LogP) is 1.34. The maximum Gasteiger partial charge on any atom is 0.356 e. The zero-order chi connectivity index (χ0) is 10.6. The summed E-state index contributed by atoms with van der Waals surface area (Å²) in [4.78, 5) is 15.2. The van der Waals surface area contributed by atoms with Crippen molar-refractivity contribution in [2.24, 2.45) is 0 Å². The van der Waals surface area contributed by atoms with E-state index in [0.717, 1.165) is 0 Å². The van der Waals surface area contributed by atoms with Crippen LogP contribution >= 0.6 is 0 Å². The molecule has 0 atom stereocenters. The summed E-state index contributed by atoms with van der Waals surface area (Å²) in [6.07, 6.45) is 1.82. The summed E-state index contributed by atoms with van der Waals surface area (Å²) >= 11 is 0. The van der Waals surface area contributed by atoms with Gasteiger partial charge in [0.15, 0.2) is 0 Å². The molecular weight excluding hydrogens is 187 g/mol. The number of esters is 1. The van der Waals surface area contributed by atoms with E-state index in [4.69, 9.17) is 0 Å². The number of halogens is 1. The smallest absolute Gasteiger partial charge is 0.356 e. The predicted molar refractivity (Wildman–Crippen MR) is 48.9 cm³/mol. The standard InChI is InChI=1S/C9H13FN2O2/c1-7-11-6-8(9(13)14-2)12(7)5-3-4-10/h6H,3-5H2,1-2H3. The largest absolute Gasteiger partial charge is 0.464 e. The molecule has 0 aliphatic rings. The Morgan fingerprint density at radius 3 is 3.00 bits per heavy atom. The summed E-state index contributed by atoms with van der Waals surface area (Å²) in [5.74, 6) is 0.253. The van der Waals surface area contributed by atoms with Crippen LogP contribution in [0, 0.1) is 6.92 Å². The molecule has 0 aromatic carbocycles. The summed E-state index contributed by atoms with van der Waals surface area (Å²) in [6.45, 7) is 1.82. The number of carbonyl (C=O) groups is 1. The van der Waals surface area contributed by atoms with Crippen LogP contribution in [0.1, 0.15) is 22.7 Å². The molecule has 0 radical (unpaired) electrons. The van der Waals surface area contributed by atoms with Crippen LogP contribution in [0.25, 0.3) is 0 Å². The summed E-state index contributed by atoms with van der Waals surface area (Å²) in [5, 5.41) is 0. The molecule has 0 aliphatic carbocycles. The van der Waals surface area contributed by atoms with E-state index in [0.29, 0.717) is 24.5 Å². The van der Waals surface area contributed by atoms with Gasteiger partial charge in [-0.2, -0.15) is 0 Å². The number of hydrogen-bond donors (Lipinski definition) is 0.